The van der Waals surface area contributed by atoms with E-state index in [1.807, 2.05) is 56.3 Å². The number of halogens is 4. The van der Waals surface area contributed by atoms with Crippen LogP contribution in [-0.2, 0) is 23.3 Å². The molecule has 0 atom stereocenters. The molecule has 1 aromatic heterocycles. The highest BCUT2D eigenvalue weighted by atomic mass is 35.5. The number of carbonyl (C=O) groups excluding carboxylic acids is 2. The Bertz CT molecular complexity index is 2640. The smallest absolute Gasteiger partial charge is 0.488 e. The minimum absolute atomic E-state index is 0.00802. The Kier molecular flexibility index (Phi) is 10.9. The van der Waals surface area contributed by atoms with Crippen molar-refractivity contribution in [2.45, 2.75) is 32.6 Å². The predicted octanol–water partition coefficient (Wildman–Crippen LogP) is 9.72. The summed E-state index contributed by atoms with van der Waals surface area (Å²) in [5.41, 5.74) is 1.15. The minimum atomic E-state index is -5.98. The average molecular weight is 785 g/mol. The summed E-state index contributed by atoms with van der Waals surface area (Å²) in [6.07, 6.45) is 4.12. The number of ether oxygens (including phenoxy) is 2. The standard InChI is InChI=1S/C41H28ClF3N2O7S/c1-24-30(23-53-40-16-39(31(21-49)15-37(40)42)52-22-27-13-26(17-46)18-47-19-27)5-3-7-33(24)34-8-4-6-32(25(34)2)28-9-11-35-29(20-48)10-12-38(36(35)14-28)54-55(50,51)41(43,44)45/h3-16,18-21H,22-23H2,1-2H3. The number of carbonyl (C=O) groups is 2. The van der Waals surface area contributed by atoms with E-state index in [0.29, 0.717) is 34.8 Å². The van der Waals surface area contributed by atoms with Gasteiger partial charge in [0.05, 0.1) is 16.1 Å². The number of hydrogen-bond donors (Lipinski definition) is 0. The van der Waals surface area contributed by atoms with Gasteiger partial charge in [0.15, 0.2) is 18.3 Å². The maximum Gasteiger partial charge on any atom is 0.534 e. The fourth-order valence-corrected chi connectivity index (χ4v) is 6.75. The molecule has 1 heterocycles. The molecule has 0 aliphatic carbocycles. The van der Waals surface area contributed by atoms with Gasteiger partial charge in [0, 0.05) is 35.0 Å². The molecule has 0 unspecified atom stereocenters. The summed E-state index contributed by atoms with van der Waals surface area (Å²) in [5.74, 6) is -0.0691. The van der Waals surface area contributed by atoms with Crippen LogP contribution in [0.25, 0.3) is 33.0 Å². The maximum absolute atomic E-state index is 13.2. The van der Waals surface area contributed by atoms with Gasteiger partial charge in [-0.05, 0) is 88.5 Å². The van der Waals surface area contributed by atoms with Crippen LogP contribution in [0.2, 0.25) is 5.02 Å². The van der Waals surface area contributed by atoms with Crippen LogP contribution in [0.4, 0.5) is 13.2 Å². The Balaban J connectivity index is 1.30. The molecular weight excluding hydrogens is 757 g/mol. The number of pyridine rings is 1. The number of hydrogen-bond acceptors (Lipinski definition) is 9. The summed E-state index contributed by atoms with van der Waals surface area (Å²) in [7, 11) is -5.98. The third-order valence-electron chi connectivity index (χ3n) is 8.89. The summed E-state index contributed by atoms with van der Waals surface area (Å²) < 4.78 is 80.0. The molecule has 0 aliphatic heterocycles. The minimum Gasteiger partial charge on any atom is -0.488 e. The molecule has 6 aromatic rings. The molecule has 0 aliphatic rings. The van der Waals surface area contributed by atoms with Gasteiger partial charge >= 0.3 is 15.6 Å². The van der Waals surface area contributed by atoms with Gasteiger partial charge in [-0.2, -0.15) is 26.9 Å². The lowest BCUT2D eigenvalue weighted by atomic mass is 9.89. The van der Waals surface area contributed by atoms with Gasteiger partial charge in [-0.3, -0.25) is 14.6 Å². The zero-order valence-corrected chi connectivity index (χ0v) is 30.6. The van der Waals surface area contributed by atoms with Crippen molar-refractivity contribution in [3.05, 3.63) is 141 Å². The molecule has 14 heteroatoms. The SMILES string of the molecule is Cc1c(COc2cc(OCc3cncc(C#N)c3)c(C=O)cc2Cl)cccc1-c1cccc(-c2ccc3c(C=O)ccc(OS(=O)(=O)C(F)(F)F)c3c2)c1C. The van der Waals surface area contributed by atoms with Crippen molar-refractivity contribution in [2.75, 3.05) is 0 Å². The average Bonchev–Trinajstić information content (AvgIpc) is 3.17. The second kappa shape index (κ2) is 15.6. The van der Waals surface area contributed by atoms with Crippen LogP contribution >= 0.6 is 11.6 Å². The highest BCUT2D eigenvalue weighted by molar-refractivity contribution is 7.88. The van der Waals surface area contributed by atoms with E-state index >= 15 is 0 Å². The second-order valence-electron chi connectivity index (χ2n) is 12.3. The number of nitrogens with zero attached hydrogens (tertiary/aromatic N) is 2. The van der Waals surface area contributed by atoms with Crippen LogP contribution in [0.15, 0.2) is 97.3 Å². The Labute approximate surface area is 318 Å². The van der Waals surface area contributed by atoms with Crippen molar-refractivity contribution < 1.29 is 44.8 Å². The summed E-state index contributed by atoms with van der Waals surface area (Å²) in [5, 5.41) is 9.58. The monoisotopic (exact) mass is 784 g/mol. The normalized spacial score (nSPS) is 11.5. The van der Waals surface area contributed by atoms with E-state index in [9.17, 15) is 31.2 Å². The van der Waals surface area contributed by atoms with Gasteiger partial charge < -0.3 is 13.7 Å². The third-order valence-corrected chi connectivity index (χ3v) is 10.2. The number of aromatic nitrogens is 1. The number of nitriles is 1. The molecule has 0 amide bonds. The first-order chi connectivity index (χ1) is 26.2. The Hall–Kier alpha value is -6.23. The lowest BCUT2D eigenvalue weighted by molar-refractivity contribution is -0.0499. The molecule has 6 rings (SSSR count). The molecule has 0 saturated heterocycles. The van der Waals surface area contributed by atoms with Gasteiger partial charge in [-0.25, -0.2) is 0 Å². The largest absolute Gasteiger partial charge is 0.534 e. The maximum atomic E-state index is 13.2. The fraction of sp³-hybridized carbons (Fsp3) is 0.122. The van der Waals surface area contributed by atoms with Crippen LogP contribution in [0.3, 0.4) is 0 Å². The molecule has 0 radical (unpaired) electrons. The van der Waals surface area contributed by atoms with Crippen molar-refractivity contribution in [3.63, 3.8) is 0 Å². The van der Waals surface area contributed by atoms with E-state index in [2.05, 4.69) is 9.17 Å². The summed E-state index contributed by atoms with van der Waals surface area (Å²) in [6.45, 7) is 3.95. The number of aldehydes is 2. The Morgan fingerprint density at radius 1 is 0.764 bits per heavy atom. The Morgan fingerprint density at radius 3 is 2.16 bits per heavy atom. The second-order valence-corrected chi connectivity index (χ2v) is 14.2. The number of benzene rings is 5. The van der Waals surface area contributed by atoms with E-state index in [1.165, 1.54) is 36.5 Å². The molecule has 0 spiro atoms. The Morgan fingerprint density at radius 2 is 1.45 bits per heavy atom. The highest BCUT2D eigenvalue weighted by Gasteiger charge is 2.48. The molecule has 0 fully saturated rings. The fourth-order valence-electron chi connectivity index (χ4n) is 6.05. The lowest BCUT2D eigenvalue weighted by Gasteiger charge is -2.18. The van der Waals surface area contributed by atoms with Crippen molar-refractivity contribution >= 4 is 45.1 Å². The topological polar surface area (TPSA) is 133 Å². The van der Waals surface area contributed by atoms with E-state index < -0.39 is 21.4 Å². The lowest BCUT2D eigenvalue weighted by Crippen LogP contribution is -2.28. The first-order valence-electron chi connectivity index (χ1n) is 16.3. The van der Waals surface area contributed by atoms with Gasteiger partial charge in [-0.15, -0.1) is 0 Å². The summed E-state index contributed by atoms with van der Waals surface area (Å²) in [4.78, 5) is 27.6. The first kappa shape index (κ1) is 38.5. The molecule has 0 N–H and O–H groups in total. The summed E-state index contributed by atoms with van der Waals surface area (Å²) in [6, 6.07) is 24.8. The number of alkyl halides is 3. The first-order valence-corrected chi connectivity index (χ1v) is 18.1. The van der Waals surface area contributed by atoms with Gasteiger partial charge in [0.25, 0.3) is 0 Å². The van der Waals surface area contributed by atoms with E-state index in [4.69, 9.17) is 26.3 Å². The quantitative estimate of drug-likeness (QED) is 0.0676. The molecular formula is C41H28ClF3N2O7S. The van der Waals surface area contributed by atoms with E-state index in [-0.39, 0.29) is 51.6 Å². The van der Waals surface area contributed by atoms with Crippen LogP contribution < -0.4 is 13.7 Å². The number of rotatable bonds is 12. The number of fused-ring (bicyclic) bond motifs is 1. The van der Waals surface area contributed by atoms with Gasteiger partial charge in [0.1, 0.15) is 30.8 Å². The molecule has 5 aromatic carbocycles. The summed E-state index contributed by atoms with van der Waals surface area (Å²) >= 11 is 6.49. The van der Waals surface area contributed by atoms with Crippen LogP contribution in [0.1, 0.15) is 48.5 Å². The van der Waals surface area contributed by atoms with Crippen molar-refractivity contribution in [2.24, 2.45) is 0 Å². The van der Waals surface area contributed by atoms with Gasteiger partial charge in [-0.1, -0.05) is 60.1 Å². The van der Waals surface area contributed by atoms with Crippen molar-refractivity contribution in [1.82, 2.24) is 4.98 Å². The zero-order chi connectivity index (χ0) is 39.5. The predicted molar refractivity (Wildman–Crippen MR) is 200 cm³/mol. The highest BCUT2D eigenvalue weighted by Crippen LogP contribution is 2.39. The molecule has 0 bridgehead atoms. The molecule has 278 valence electrons. The molecule has 0 saturated carbocycles. The van der Waals surface area contributed by atoms with Crippen molar-refractivity contribution in [1.29, 1.82) is 5.26 Å². The molecule has 55 heavy (non-hydrogen) atoms. The van der Waals surface area contributed by atoms with E-state index in [1.54, 1.807) is 18.3 Å². The van der Waals surface area contributed by atoms with Crippen LogP contribution in [0.5, 0.6) is 17.2 Å². The van der Waals surface area contributed by atoms with Crippen molar-refractivity contribution in [3.8, 4) is 45.6 Å². The van der Waals surface area contributed by atoms with Crippen LogP contribution in [-0.4, -0.2) is 31.5 Å². The zero-order valence-electron chi connectivity index (χ0n) is 29.0. The van der Waals surface area contributed by atoms with Gasteiger partial charge in [0.2, 0.25) is 0 Å². The molecule has 9 nitrogen and oxygen atoms in total. The third kappa shape index (κ3) is 8.01. The van der Waals surface area contributed by atoms with E-state index in [0.717, 1.165) is 33.9 Å². The van der Waals surface area contributed by atoms with Crippen LogP contribution in [0, 0.1) is 25.2 Å².